The third-order valence-electron chi connectivity index (χ3n) is 3.98. The minimum Gasteiger partial charge on any atom is -0.496 e. The van der Waals surface area contributed by atoms with E-state index in [1.165, 1.54) is 25.6 Å². The highest BCUT2D eigenvalue weighted by atomic mass is 35.5. The number of methoxy groups -OCH3 is 1. The van der Waals surface area contributed by atoms with Gasteiger partial charge in [-0.05, 0) is 36.4 Å². The molecule has 0 unspecified atom stereocenters. The Morgan fingerprint density at radius 2 is 1.87 bits per heavy atom. The number of fused-ring (bicyclic) bond motifs is 1. The number of ether oxygens (including phenoxy) is 1. The predicted octanol–water partition coefficient (Wildman–Crippen LogP) is 5.11. The Hall–Kier alpha value is -3.40. The van der Waals surface area contributed by atoms with Gasteiger partial charge in [-0.3, -0.25) is 5.10 Å². The van der Waals surface area contributed by atoms with Crippen molar-refractivity contribution < 1.29 is 22.3 Å². The lowest BCUT2D eigenvalue weighted by Crippen LogP contribution is -2.04. The van der Waals surface area contributed by atoms with Crippen LogP contribution in [-0.4, -0.2) is 27.3 Å². The van der Waals surface area contributed by atoms with E-state index in [0.717, 1.165) is 18.2 Å². The van der Waals surface area contributed by atoms with Gasteiger partial charge in [-0.2, -0.15) is 18.3 Å². The molecule has 2 heterocycles. The Balaban J connectivity index is 0.000000187. The largest absolute Gasteiger partial charge is 0.496 e. The molecule has 4 aromatic rings. The van der Waals surface area contributed by atoms with Crippen LogP contribution in [0.15, 0.2) is 48.9 Å². The van der Waals surface area contributed by atoms with Crippen LogP contribution in [-0.2, 0) is 6.18 Å². The van der Waals surface area contributed by atoms with Gasteiger partial charge < -0.3 is 10.5 Å². The number of anilines is 1. The van der Waals surface area contributed by atoms with E-state index >= 15 is 0 Å². The zero-order chi connectivity index (χ0) is 21.9. The fraction of sp³-hybridized carbons (Fsp3) is 0.105. The Morgan fingerprint density at radius 1 is 1.10 bits per heavy atom. The van der Waals surface area contributed by atoms with Crippen molar-refractivity contribution in [3.05, 3.63) is 65.3 Å². The number of nitrogens with one attached hydrogen (secondary N) is 1. The van der Waals surface area contributed by atoms with Crippen LogP contribution in [0.4, 0.5) is 23.2 Å². The minimum absolute atomic E-state index is 0.0789. The first-order chi connectivity index (χ1) is 14.2. The van der Waals surface area contributed by atoms with Crippen molar-refractivity contribution in [2.24, 2.45) is 0 Å². The van der Waals surface area contributed by atoms with E-state index in [9.17, 15) is 17.6 Å². The highest BCUT2D eigenvalue weighted by molar-refractivity contribution is 6.33. The summed E-state index contributed by atoms with van der Waals surface area (Å²) >= 11 is 5.39. The Morgan fingerprint density at radius 3 is 2.53 bits per heavy atom. The molecule has 0 saturated carbocycles. The summed E-state index contributed by atoms with van der Waals surface area (Å²) in [5.41, 5.74) is 7.04. The monoisotopic (exact) mass is 439 g/mol. The number of hydrogen-bond donors (Lipinski definition) is 2. The molecule has 0 spiro atoms. The number of rotatable bonds is 2. The Labute approximate surface area is 172 Å². The zero-order valence-electron chi connectivity index (χ0n) is 15.3. The van der Waals surface area contributed by atoms with E-state index in [2.05, 4.69) is 20.2 Å². The maximum absolute atomic E-state index is 13.4. The molecule has 0 saturated heterocycles. The zero-order valence-corrected chi connectivity index (χ0v) is 16.1. The fourth-order valence-electron chi connectivity index (χ4n) is 2.54. The molecule has 30 heavy (non-hydrogen) atoms. The molecule has 4 rings (SSSR count). The molecule has 3 N–H and O–H groups in total. The summed E-state index contributed by atoms with van der Waals surface area (Å²) in [6, 6.07) is 7.10. The van der Waals surface area contributed by atoms with Crippen LogP contribution in [0.25, 0.3) is 22.3 Å². The van der Waals surface area contributed by atoms with Gasteiger partial charge in [0.05, 0.1) is 29.6 Å². The third kappa shape index (κ3) is 4.60. The molecular weight excluding hydrogens is 426 g/mol. The molecule has 0 amide bonds. The number of hydrogen-bond acceptors (Lipinski definition) is 5. The van der Waals surface area contributed by atoms with Crippen LogP contribution in [0.3, 0.4) is 0 Å². The molecule has 156 valence electrons. The van der Waals surface area contributed by atoms with E-state index in [-0.39, 0.29) is 16.5 Å². The van der Waals surface area contributed by atoms with E-state index in [1.807, 2.05) is 0 Å². The Kier molecular flexibility index (Phi) is 6.06. The molecular formula is C19H14ClF4N5O. The molecule has 0 aliphatic heterocycles. The summed E-state index contributed by atoms with van der Waals surface area (Å²) < 4.78 is 54.6. The lowest BCUT2D eigenvalue weighted by atomic mass is 10.1. The molecule has 0 aliphatic rings. The van der Waals surface area contributed by atoms with Gasteiger partial charge in [0.1, 0.15) is 34.6 Å². The van der Waals surface area contributed by atoms with Gasteiger partial charge in [0.15, 0.2) is 0 Å². The van der Waals surface area contributed by atoms with Gasteiger partial charge >= 0.3 is 6.18 Å². The third-order valence-corrected chi connectivity index (χ3v) is 4.31. The van der Waals surface area contributed by atoms with Crippen molar-refractivity contribution in [1.29, 1.82) is 0 Å². The number of benzene rings is 2. The van der Waals surface area contributed by atoms with Gasteiger partial charge in [-0.1, -0.05) is 11.6 Å². The summed E-state index contributed by atoms with van der Waals surface area (Å²) in [5.74, 6) is 0.197. The second-order valence-corrected chi connectivity index (χ2v) is 6.34. The van der Waals surface area contributed by atoms with Crippen molar-refractivity contribution in [3.63, 3.8) is 0 Å². The van der Waals surface area contributed by atoms with Crippen LogP contribution in [0.2, 0.25) is 5.02 Å². The minimum atomic E-state index is -4.36. The van der Waals surface area contributed by atoms with Gasteiger partial charge in [0.2, 0.25) is 0 Å². The highest BCUT2D eigenvalue weighted by Gasteiger charge is 2.30. The van der Waals surface area contributed by atoms with Crippen LogP contribution in [0.5, 0.6) is 5.75 Å². The average molecular weight is 440 g/mol. The molecule has 0 fully saturated rings. The molecule has 2 aromatic carbocycles. The SMILES string of the molecule is COc1ccc(F)cc1-c1ncnc2cn[nH]c12.Nc1ccc(C(F)(F)F)cc1Cl. The Bertz CT molecular complexity index is 1180. The second kappa shape index (κ2) is 8.54. The predicted molar refractivity (Wildman–Crippen MR) is 104 cm³/mol. The van der Waals surface area contributed by atoms with Crippen molar-refractivity contribution in [1.82, 2.24) is 20.2 Å². The van der Waals surface area contributed by atoms with Crippen LogP contribution >= 0.6 is 11.6 Å². The molecule has 6 nitrogen and oxygen atoms in total. The van der Waals surface area contributed by atoms with Crippen molar-refractivity contribution in [3.8, 4) is 17.0 Å². The quantitative estimate of drug-likeness (QED) is 0.334. The fourth-order valence-corrected chi connectivity index (χ4v) is 2.72. The topological polar surface area (TPSA) is 89.7 Å². The second-order valence-electron chi connectivity index (χ2n) is 5.93. The van der Waals surface area contributed by atoms with Crippen LogP contribution in [0.1, 0.15) is 5.56 Å². The van der Waals surface area contributed by atoms with E-state index in [0.29, 0.717) is 28.0 Å². The normalized spacial score (nSPS) is 11.1. The first-order valence-corrected chi connectivity index (χ1v) is 8.68. The molecule has 0 aliphatic carbocycles. The van der Waals surface area contributed by atoms with Gasteiger partial charge in [0, 0.05) is 5.56 Å². The lowest BCUT2D eigenvalue weighted by Gasteiger charge is -2.08. The molecule has 0 radical (unpaired) electrons. The van der Waals surface area contributed by atoms with Crippen LogP contribution in [0, 0.1) is 5.82 Å². The number of aromatic amines is 1. The molecule has 2 aromatic heterocycles. The standard InChI is InChI=1S/C12H9FN4O.C7H5ClF3N/c1-18-10-3-2-7(13)4-8(10)11-12-9(5-16-17-12)14-6-15-11;8-5-3-4(7(9,10)11)1-2-6(5)12/h2-6H,1H3,(H,16,17);1-3H,12H2. The summed E-state index contributed by atoms with van der Waals surface area (Å²) in [4.78, 5) is 8.24. The number of nitrogen functional groups attached to an aromatic ring is 1. The highest BCUT2D eigenvalue weighted by Crippen LogP contribution is 2.33. The van der Waals surface area contributed by atoms with Crippen LogP contribution < -0.4 is 10.5 Å². The summed E-state index contributed by atoms with van der Waals surface area (Å²) in [7, 11) is 1.53. The lowest BCUT2D eigenvalue weighted by molar-refractivity contribution is -0.137. The molecule has 0 atom stereocenters. The number of alkyl halides is 3. The smallest absolute Gasteiger partial charge is 0.416 e. The molecule has 11 heteroatoms. The van der Waals surface area contributed by atoms with Crippen molar-refractivity contribution in [2.75, 3.05) is 12.8 Å². The van der Waals surface area contributed by atoms with Crippen molar-refractivity contribution in [2.45, 2.75) is 6.18 Å². The van der Waals surface area contributed by atoms with E-state index in [4.69, 9.17) is 22.1 Å². The maximum Gasteiger partial charge on any atom is 0.416 e. The van der Waals surface area contributed by atoms with E-state index < -0.39 is 11.7 Å². The first-order valence-electron chi connectivity index (χ1n) is 8.31. The number of halogens is 5. The number of H-pyrrole nitrogens is 1. The number of nitrogens with two attached hydrogens (primary N) is 1. The number of aromatic nitrogens is 4. The van der Waals surface area contributed by atoms with Gasteiger partial charge in [0.25, 0.3) is 0 Å². The average Bonchev–Trinajstić information content (AvgIpc) is 3.18. The first kappa shape index (κ1) is 21.3. The summed E-state index contributed by atoms with van der Waals surface area (Å²) in [6.45, 7) is 0. The van der Waals surface area contributed by atoms with Gasteiger partial charge in [-0.15, -0.1) is 0 Å². The van der Waals surface area contributed by atoms with E-state index in [1.54, 1.807) is 12.3 Å². The molecule has 0 bridgehead atoms. The maximum atomic E-state index is 13.4. The summed E-state index contributed by atoms with van der Waals surface area (Å²) in [6.07, 6.45) is -1.36. The summed E-state index contributed by atoms with van der Waals surface area (Å²) in [5, 5.41) is 6.63. The van der Waals surface area contributed by atoms with Gasteiger partial charge in [-0.25, -0.2) is 14.4 Å². The number of nitrogens with zero attached hydrogens (tertiary/aromatic N) is 3. The van der Waals surface area contributed by atoms with Crippen molar-refractivity contribution >= 4 is 28.3 Å².